The molecule has 266 valence electrons. The maximum absolute atomic E-state index is 5.01. The van der Waals surface area contributed by atoms with Gasteiger partial charge in [-0.2, -0.15) is 0 Å². The van der Waals surface area contributed by atoms with Gasteiger partial charge in [-0.25, -0.2) is 15.0 Å². The molecule has 0 saturated carbocycles. The van der Waals surface area contributed by atoms with Gasteiger partial charge >= 0.3 is 0 Å². The summed E-state index contributed by atoms with van der Waals surface area (Å²) in [6.45, 7) is 0. The predicted octanol–water partition coefficient (Wildman–Crippen LogP) is 13.6. The van der Waals surface area contributed by atoms with Crippen LogP contribution in [0.2, 0.25) is 0 Å². The van der Waals surface area contributed by atoms with E-state index in [4.69, 9.17) is 15.0 Å². The zero-order valence-corrected chi connectivity index (χ0v) is 30.9. The average Bonchev–Trinajstić information content (AvgIpc) is 3.62. The number of nitrogens with zero attached hydrogens (tertiary/aromatic N) is 4. The highest BCUT2D eigenvalue weighted by Crippen LogP contribution is 2.39. The molecule has 11 aromatic rings. The van der Waals surface area contributed by atoms with Crippen molar-refractivity contribution in [1.82, 2.24) is 19.5 Å². The topological polar surface area (TPSA) is 43.6 Å². The van der Waals surface area contributed by atoms with Crippen LogP contribution in [0.25, 0.3) is 105 Å². The standard InChI is InChI=1S/C53H34N4/c1-3-11-35(12-4-1)36-19-23-41(24-20-36)52-54-51(40-14-5-2-6-15-40)55-53(56-52)42-25-21-37(22-26-42)38-27-30-45(31-28-38)57-48-32-29-39-13-9-10-18-46(39)50(48)47-33-43-16-7-8-17-44(43)34-49(47)57/h1-34H. The molecule has 11 rings (SSSR count). The Morgan fingerprint density at radius 3 is 1.28 bits per heavy atom. The van der Waals surface area contributed by atoms with Gasteiger partial charge in [0.05, 0.1) is 11.0 Å². The average molecular weight is 727 g/mol. The van der Waals surface area contributed by atoms with E-state index in [1.54, 1.807) is 0 Å². The lowest BCUT2D eigenvalue weighted by Crippen LogP contribution is -2.00. The number of fused-ring (bicyclic) bond motifs is 6. The molecule has 4 heteroatoms. The van der Waals surface area contributed by atoms with Crippen LogP contribution >= 0.6 is 0 Å². The fourth-order valence-electron chi connectivity index (χ4n) is 8.16. The number of hydrogen-bond acceptors (Lipinski definition) is 3. The van der Waals surface area contributed by atoms with Crippen molar-refractivity contribution in [2.45, 2.75) is 0 Å². The summed E-state index contributed by atoms with van der Waals surface area (Å²) in [5.74, 6) is 1.93. The van der Waals surface area contributed by atoms with Gasteiger partial charge < -0.3 is 4.57 Å². The lowest BCUT2D eigenvalue weighted by Gasteiger charge is -2.11. The van der Waals surface area contributed by atoms with Crippen LogP contribution < -0.4 is 0 Å². The van der Waals surface area contributed by atoms with E-state index in [1.807, 2.05) is 36.4 Å². The van der Waals surface area contributed by atoms with Gasteiger partial charge in [-0.3, -0.25) is 0 Å². The van der Waals surface area contributed by atoms with Crippen molar-refractivity contribution < 1.29 is 0 Å². The monoisotopic (exact) mass is 726 g/mol. The first-order valence-electron chi connectivity index (χ1n) is 19.3. The van der Waals surface area contributed by atoms with Crippen LogP contribution in [-0.2, 0) is 0 Å². The van der Waals surface area contributed by atoms with Crippen molar-refractivity contribution in [3.05, 3.63) is 206 Å². The summed E-state index contributed by atoms with van der Waals surface area (Å²) in [4.78, 5) is 14.9. The predicted molar refractivity (Wildman–Crippen MR) is 236 cm³/mol. The third kappa shape index (κ3) is 5.83. The van der Waals surface area contributed by atoms with Crippen LogP contribution in [0.1, 0.15) is 0 Å². The van der Waals surface area contributed by atoms with Gasteiger partial charge in [-0.15, -0.1) is 0 Å². The van der Waals surface area contributed by atoms with E-state index in [0.29, 0.717) is 17.5 Å². The van der Waals surface area contributed by atoms with Crippen LogP contribution in [0.5, 0.6) is 0 Å². The Balaban J connectivity index is 0.955. The molecule has 0 fully saturated rings. The van der Waals surface area contributed by atoms with Gasteiger partial charge in [0.2, 0.25) is 0 Å². The van der Waals surface area contributed by atoms with E-state index in [-0.39, 0.29) is 0 Å². The summed E-state index contributed by atoms with van der Waals surface area (Å²) in [5, 5.41) is 7.55. The third-order valence-electron chi connectivity index (χ3n) is 11.0. The molecule has 0 spiro atoms. The fraction of sp³-hybridized carbons (Fsp3) is 0. The summed E-state index contributed by atoms with van der Waals surface area (Å²) >= 11 is 0. The molecule has 0 N–H and O–H groups in total. The maximum atomic E-state index is 5.01. The molecule has 0 bridgehead atoms. The molecule has 0 aliphatic rings. The summed E-state index contributed by atoms with van der Waals surface area (Å²) in [6, 6.07) is 72.9. The highest BCUT2D eigenvalue weighted by molar-refractivity contribution is 6.23. The number of rotatable bonds is 6. The Bertz CT molecular complexity index is 3240. The minimum atomic E-state index is 0.638. The number of aromatic nitrogens is 4. The van der Waals surface area contributed by atoms with Crippen molar-refractivity contribution in [3.63, 3.8) is 0 Å². The van der Waals surface area contributed by atoms with E-state index in [1.165, 1.54) is 48.9 Å². The van der Waals surface area contributed by atoms with E-state index in [0.717, 1.165) is 39.1 Å². The smallest absolute Gasteiger partial charge is 0.164 e. The van der Waals surface area contributed by atoms with Crippen LogP contribution in [0.15, 0.2) is 206 Å². The van der Waals surface area contributed by atoms with Gasteiger partial charge in [0.25, 0.3) is 0 Å². The van der Waals surface area contributed by atoms with Crippen LogP contribution in [-0.4, -0.2) is 19.5 Å². The van der Waals surface area contributed by atoms with Crippen LogP contribution in [0.4, 0.5) is 0 Å². The Morgan fingerprint density at radius 2 is 0.702 bits per heavy atom. The molecule has 0 radical (unpaired) electrons. The first kappa shape index (κ1) is 32.7. The van der Waals surface area contributed by atoms with E-state index >= 15 is 0 Å². The van der Waals surface area contributed by atoms with Crippen molar-refractivity contribution in [2.75, 3.05) is 0 Å². The molecule has 0 saturated heterocycles. The van der Waals surface area contributed by atoms with E-state index < -0.39 is 0 Å². The minimum absolute atomic E-state index is 0.638. The second kappa shape index (κ2) is 13.6. The van der Waals surface area contributed by atoms with E-state index in [9.17, 15) is 0 Å². The minimum Gasteiger partial charge on any atom is -0.309 e. The van der Waals surface area contributed by atoms with Crippen molar-refractivity contribution in [2.24, 2.45) is 0 Å². The van der Waals surface area contributed by atoms with Gasteiger partial charge in [0.15, 0.2) is 17.5 Å². The Labute approximate surface area is 330 Å². The summed E-state index contributed by atoms with van der Waals surface area (Å²) in [6.07, 6.45) is 0. The highest BCUT2D eigenvalue weighted by atomic mass is 15.0. The molecule has 4 nitrogen and oxygen atoms in total. The molecular weight excluding hydrogens is 693 g/mol. The first-order chi connectivity index (χ1) is 28.2. The molecule has 0 atom stereocenters. The molecule has 0 amide bonds. The van der Waals surface area contributed by atoms with Gasteiger partial charge in [0.1, 0.15) is 0 Å². The molecule has 0 aliphatic heterocycles. The molecule has 9 aromatic carbocycles. The normalized spacial score (nSPS) is 11.5. The molecule has 0 aliphatic carbocycles. The molecule has 2 heterocycles. The zero-order valence-electron chi connectivity index (χ0n) is 30.9. The van der Waals surface area contributed by atoms with Crippen molar-refractivity contribution in [3.8, 4) is 62.1 Å². The zero-order chi connectivity index (χ0) is 37.7. The third-order valence-corrected chi connectivity index (χ3v) is 11.0. The van der Waals surface area contributed by atoms with Crippen molar-refractivity contribution >= 4 is 43.4 Å². The summed E-state index contributed by atoms with van der Waals surface area (Å²) in [7, 11) is 0. The summed E-state index contributed by atoms with van der Waals surface area (Å²) in [5.41, 5.74) is 10.9. The quantitative estimate of drug-likeness (QED) is 0.171. The molecular formula is C53H34N4. The largest absolute Gasteiger partial charge is 0.309 e. The fourth-order valence-corrected chi connectivity index (χ4v) is 8.16. The van der Waals surface area contributed by atoms with E-state index in [2.05, 4.69) is 174 Å². The Morgan fingerprint density at radius 1 is 0.281 bits per heavy atom. The molecule has 57 heavy (non-hydrogen) atoms. The SMILES string of the molecule is c1ccc(-c2ccc(-c3nc(-c4ccccc4)nc(-c4ccc(-c5ccc(-n6c7cc8ccccc8cc7c7c8ccccc8ccc76)cc5)cc4)n3)cc2)cc1. The second-order valence-corrected chi connectivity index (χ2v) is 14.5. The van der Waals surface area contributed by atoms with Gasteiger partial charge in [-0.05, 0) is 74.1 Å². The summed E-state index contributed by atoms with van der Waals surface area (Å²) < 4.78 is 2.41. The van der Waals surface area contributed by atoms with Gasteiger partial charge in [0, 0.05) is 33.2 Å². The maximum Gasteiger partial charge on any atom is 0.164 e. The first-order valence-corrected chi connectivity index (χ1v) is 19.3. The Hall–Kier alpha value is -7.69. The van der Waals surface area contributed by atoms with Crippen LogP contribution in [0.3, 0.4) is 0 Å². The second-order valence-electron chi connectivity index (χ2n) is 14.5. The van der Waals surface area contributed by atoms with Crippen molar-refractivity contribution in [1.29, 1.82) is 0 Å². The molecule has 0 unspecified atom stereocenters. The van der Waals surface area contributed by atoms with Gasteiger partial charge in [-0.1, -0.05) is 176 Å². The lowest BCUT2D eigenvalue weighted by molar-refractivity contribution is 1.07. The van der Waals surface area contributed by atoms with Crippen LogP contribution in [0, 0.1) is 0 Å². The number of benzene rings is 9. The Kier molecular flexibility index (Phi) is 7.78. The lowest BCUT2D eigenvalue weighted by atomic mass is 10.0. The number of hydrogen-bond donors (Lipinski definition) is 0. The molecule has 2 aromatic heterocycles. The highest BCUT2D eigenvalue weighted by Gasteiger charge is 2.17.